The van der Waals surface area contributed by atoms with Crippen molar-refractivity contribution in [3.05, 3.63) is 89.5 Å². The third kappa shape index (κ3) is 4.75. The van der Waals surface area contributed by atoms with Gasteiger partial charge in [0.05, 0.1) is 12.2 Å². The first kappa shape index (κ1) is 23.7. The zero-order valence-corrected chi connectivity index (χ0v) is 19.1. The van der Waals surface area contributed by atoms with Gasteiger partial charge in [-0.05, 0) is 35.6 Å². The Morgan fingerprint density at radius 1 is 1.21 bits per heavy atom. The minimum atomic E-state index is -1.94. The number of aliphatic hydroxyl groups is 1. The van der Waals surface area contributed by atoms with Crippen LogP contribution in [0.5, 0.6) is 5.75 Å². The number of nitrogens with one attached hydrogen (secondary N) is 1. The van der Waals surface area contributed by atoms with Crippen molar-refractivity contribution in [2.24, 2.45) is 5.92 Å². The second kappa shape index (κ2) is 9.06. The Hall–Kier alpha value is -3.45. The molecule has 2 aromatic carbocycles. The Bertz CT molecular complexity index is 1160. The van der Waals surface area contributed by atoms with Crippen LogP contribution in [-0.2, 0) is 26.2 Å². The largest absolute Gasteiger partial charge is 0.508 e. The van der Waals surface area contributed by atoms with E-state index in [0.717, 1.165) is 17.2 Å². The Balaban J connectivity index is 1.63. The smallest absolute Gasteiger partial charge is 0.253 e. The molecule has 1 amide bonds. The average molecular weight is 466 g/mol. The Labute approximate surface area is 197 Å². The molecule has 7 heteroatoms. The summed E-state index contributed by atoms with van der Waals surface area (Å²) in [5.74, 6) is -2.02. The van der Waals surface area contributed by atoms with Crippen LogP contribution in [0.3, 0.4) is 0 Å². The fourth-order valence-electron chi connectivity index (χ4n) is 4.77. The predicted molar refractivity (Wildman–Crippen MR) is 124 cm³/mol. The molecule has 0 aromatic heterocycles. The van der Waals surface area contributed by atoms with Crippen molar-refractivity contribution in [1.29, 1.82) is 0 Å². The van der Waals surface area contributed by atoms with Crippen LogP contribution in [0, 0.1) is 11.7 Å². The van der Waals surface area contributed by atoms with E-state index in [0.29, 0.717) is 0 Å². The number of phenolic OH excluding ortho intramolecular Hbond substituents is 1. The first-order chi connectivity index (χ1) is 16.1. The molecule has 1 aliphatic carbocycles. The summed E-state index contributed by atoms with van der Waals surface area (Å²) in [5.41, 5.74) is -1.16. The maximum absolute atomic E-state index is 14.0. The standard InChI is InChI=1S/C27H28FNO5/c1-26(2,21-12-19(28)9-11-23(21)30)16-27(33,13-17-6-4-3-5-7-17)25(32)29-22-10-8-18-14-34-15-20(18)24(22)31/h3-12,14,20,22,30,33H,13,15-16H2,1-2H3,(H,29,32). The van der Waals surface area contributed by atoms with E-state index in [1.807, 2.05) is 6.07 Å². The van der Waals surface area contributed by atoms with E-state index in [4.69, 9.17) is 4.74 Å². The van der Waals surface area contributed by atoms with E-state index in [1.165, 1.54) is 18.4 Å². The number of ketones is 1. The molecule has 0 saturated carbocycles. The number of carbonyl (C=O) groups is 2. The number of phenols is 1. The third-order valence-electron chi connectivity index (χ3n) is 6.49. The maximum Gasteiger partial charge on any atom is 0.253 e. The summed E-state index contributed by atoms with van der Waals surface area (Å²) < 4.78 is 19.2. The van der Waals surface area contributed by atoms with E-state index in [2.05, 4.69) is 5.32 Å². The second-order valence-corrected chi connectivity index (χ2v) is 9.63. The summed E-state index contributed by atoms with van der Waals surface area (Å²) in [6.07, 6.45) is 4.72. The molecule has 0 saturated heterocycles. The summed E-state index contributed by atoms with van der Waals surface area (Å²) in [6.45, 7) is 3.68. The molecule has 1 heterocycles. The van der Waals surface area contributed by atoms with Crippen molar-refractivity contribution in [3.63, 3.8) is 0 Å². The molecular formula is C27H28FNO5. The van der Waals surface area contributed by atoms with Crippen LogP contribution >= 0.6 is 0 Å². The lowest BCUT2D eigenvalue weighted by atomic mass is 9.72. The molecule has 4 rings (SSSR count). The molecule has 0 spiro atoms. The predicted octanol–water partition coefficient (Wildman–Crippen LogP) is 3.33. The molecule has 3 atom stereocenters. The topological polar surface area (TPSA) is 95.9 Å². The number of amides is 1. The number of fused-ring (bicyclic) bond motifs is 1. The van der Waals surface area contributed by atoms with Gasteiger partial charge in [0, 0.05) is 17.6 Å². The summed E-state index contributed by atoms with van der Waals surface area (Å²) in [7, 11) is 0. The highest BCUT2D eigenvalue weighted by Gasteiger charge is 2.45. The lowest BCUT2D eigenvalue weighted by Crippen LogP contribution is -2.56. The van der Waals surface area contributed by atoms with Crippen molar-refractivity contribution in [2.45, 2.75) is 43.7 Å². The van der Waals surface area contributed by atoms with Crippen LogP contribution in [0.15, 0.2) is 72.5 Å². The summed E-state index contributed by atoms with van der Waals surface area (Å²) in [6, 6.07) is 11.7. The number of Topliss-reactive ketones (excluding diaryl/α,β-unsaturated/α-hetero) is 1. The maximum atomic E-state index is 14.0. The van der Waals surface area contributed by atoms with Crippen molar-refractivity contribution in [3.8, 4) is 5.75 Å². The van der Waals surface area contributed by atoms with Gasteiger partial charge in [-0.15, -0.1) is 0 Å². The van der Waals surface area contributed by atoms with Gasteiger partial charge in [-0.1, -0.05) is 56.3 Å². The SMILES string of the molecule is CC(C)(CC(O)(Cc1ccccc1)C(=O)NC1C=CC2=COCC2C1=O)c1cc(F)ccc1O. The third-order valence-corrected chi connectivity index (χ3v) is 6.49. The summed E-state index contributed by atoms with van der Waals surface area (Å²) in [5, 5.41) is 24.8. The Kier molecular flexibility index (Phi) is 6.32. The first-order valence-electron chi connectivity index (χ1n) is 11.2. The number of hydrogen-bond donors (Lipinski definition) is 3. The zero-order valence-electron chi connectivity index (χ0n) is 19.1. The number of aromatic hydroxyl groups is 1. The van der Waals surface area contributed by atoms with Crippen LogP contribution in [0.1, 0.15) is 31.4 Å². The van der Waals surface area contributed by atoms with Crippen LogP contribution in [0.4, 0.5) is 4.39 Å². The molecule has 2 aliphatic rings. The van der Waals surface area contributed by atoms with Gasteiger partial charge in [0.15, 0.2) is 5.78 Å². The van der Waals surface area contributed by atoms with E-state index in [-0.39, 0.29) is 36.5 Å². The van der Waals surface area contributed by atoms with Gasteiger partial charge < -0.3 is 20.3 Å². The fraction of sp³-hybridized carbons (Fsp3) is 0.333. The first-order valence-corrected chi connectivity index (χ1v) is 11.2. The molecule has 3 N–H and O–H groups in total. The lowest BCUT2D eigenvalue weighted by Gasteiger charge is -2.37. The lowest BCUT2D eigenvalue weighted by molar-refractivity contribution is -0.144. The molecule has 34 heavy (non-hydrogen) atoms. The van der Waals surface area contributed by atoms with Gasteiger partial charge in [-0.3, -0.25) is 9.59 Å². The average Bonchev–Trinajstić information content (AvgIpc) is 3.27. The van der Waals surface area contributed by atoms with Crippen molar-refractivity contribution >= 4 is 11.7 Å². The van der Waals surface area contributed by atoms with Gasteiger partial charge in [0.2, 0.25) is 0 Å². The molecule has 3 unspecified atom stereocenters. The molecule has 0 radical (unpaired) electrons. The Morgan fingerprint density at radius 3 is 2.68 bits per heavy atom. The number of hydrogen-bond acceptors (Lipinski definition) is 5. The number of benzene rings is 2. The van der Waals surface area contributed by atoms with Gasteiger partial charge in [-0.25, -0.2) is 4.39 Å². The molecule has 178 valence electrons. The fourth-order valence-corrected chi connectivity index (χ4v) is 4.77. The molecule has 0 fully saturated rings. The monoisotopic (exact) mass is 465 g/mol. The summed E-state index contributed by atoms with van der Waals surface area (Å²) in [4.78, 5) is 26.4. The minimum Gasteiger partial charge on any atom is -0.508 e. The highest BCUT2D eigenvalue weighted by atomic mass is 19.1. The molecule has 6 nitrogen and oxygen atoms in total. The molecule has 0 bridgehead atoms. The Morgan fingerprint density at radius 2 is 1.94 bits per heavy atom. The van der Waals surface area contributed by atoms with Crippen LogP contribution < -0.4 is 5.32 Å². The van der Waals surface area contributed by atoms with E-state index >= 15 is 0 Å². The number of halogens is 1. The number of allylic oxidation sites excluding steroid dienone is 1. The van der Waals surface area contributed by atoms with Gasteiger partial charge in [0.25, 0.3) is 5.91 Å². The molecular weight excluding hydrogens is 437 g/mol. The summed E-state index contributed by atoms with van der Waals surface area (Å²) >= 11 is 0. The normalized spacial score (nSPS) is 21.3. The minimum absolute atomic E-state index is 0.0263. The van der Waals surface area contributed by atoms with Crippen molar-refractivity contribution < 1.29 is 28.9 Å². The quantitative estimate of drug-likeness (QED) is 0.583. The van der Waals surface area contributed by atoms with Crippen molar-refractivity contribution in [2.75, 3.05) is 6.61 Å². The zero-order chi connectivity index (χ0) is 24.5. The number of carbonyl (C=O) groups excluding carboxylic acids is 2. The second-order valence-electron chi connectivity index (χ2n) is 9.63. The highest BCUT2D eigenvalue weighted by molar-refractivity contribution is 5.97. The van der Waals surface area contributed by atoms with Crippen LogP contribution in [0.2, 0.25) is 0 Å². The van der Waals surface area contributed by atoms with E-state index in [9.17, 15) is 24.2 Å². The van der Waals surface area contributed by atoms with Crippen molar-refractivity contribution in [1.82, 2.24) is 5.32 Å². The van der Waals surface area contributed by atoms with E-state index in [1.54, 1.807) is 50.3 Å². The molecule has 1 aliphatic heterocycles. The molecule has 2 aromatic rings. The van der Waals surface area contributed by atoms with Gasteiger partial charge in [0.1, 0.15) is 29.8 Å². The number of rotatable bonds is 7. The van der Waals surface area contributed by atoms with E-state index < -0.39 is 34.7 Å². The van der Waals surface area contributed by atoms with Gasteiger partial charge >= 0.3 is 0 Å². The number of ether oxygens (including phenoxy) is 1. The highest BCUT2D eigenvalue weighted by Crippen LogP contribution is 2.39. The van der Waals surface area contributed by atoms with Gasteiger partial charge in [-0.2, -0.15) is 0 Å². The van der Waals surface area contributed by atoms with Crippen LogP contribution in [0.25, 0.3) is 0 Å². The van der Waals surface area contributed by atoms with Crippen LogP contribution in [-0.4, -0.2) is 40.2 Å².